The van der Waals surface area contributed by atoms with Crippen LogP contribution in [-0.4, -0.2) is 67.4 Å². The first kappa shape index (κ1) is 24.4. The fourth-order valence-electron chi connectivity index (χ4n) is 4.75. The molecule has 9 heteroatoms. The molecular weight excluding hydrogens is 406 g/mol. The van der Waals surface area contributed by atoms with Gasteiger partial charge in [0.25, 0.3) is 5.56 Å². The van der Waals surface area contributed by atoms with Gasteiger partial charge in [0.2, 0.25) is 5.88 Å². The van der Waals surface area contributed by atoms with Gasteiger partial charge in [-0.25, -0.2) is 0 Å². The van der Waals surface area contributed by atoms with Gasteiger partial charge in [-0.2, -0.15) is 15.3 Å². The van der Waals surface area contributed by atoms with Crippen LogP contribution in [0.2, 0.25) is 0 Å². The van der Waals surface area contributed by atoms with Crippen molar-refractivity contribution in [1.29, 1.82) is 0 Å². The molecule has 0 unspecified atom stereocenters. The topological polar surface area (TPSA) is 98.2 Å². The van der Waals surface area contributed by atoms with Crippen molar-refractivity contribution >= 4 is 11.4 Å². The van der Waals surface area contributed by atoms with Crippen LogP contribution in [0.4, 0.5) is 11.4 Å². The van der Waals surface area contributed by atoms with Crippen molar-refractivity contribution in [3.63, 3.8) is 0 Å². The average molecular weight is 446 g/mol. The molecule has 1 aromatic rings. The Bertz CT molecular complexity index is 864. The van der Waals surface area contributed by atoms with E-state index in [2.05, 4.69) is 30.3 Å². The summed E-state index contributed by atoms with van der Waals surface area (Å²) in [6.07, 6.45) is 7.85. The van der Waals surface area contributed by atoms with E-state index in [1.807, 2.05) is 21.0 Å². The van der Waals surface area contributed by atoms with Crippen molar-refractivity contribution < 1.29 is 5.11 Å². The molecule has 0 bridgehead atoms. The van der Waals surface area contributed by atoms with E-state index in [0.29, 0.717) is 17.9 Å². The second-order valence-corrected chi connectivity index (χ2v) is 9.30. The van der Waals surface area contributed by atoms with Gasteiger partial charge >= 0.3 is 0 Å². The molecule has 1 N–H and O–H groups in total. The molecule has 0 aromatic carbocycles. The Kier molecular flexibility index (Phi) is 8.78. The molecule has 1 saturated heterocycles. The van der Waals surface area contributed by atoms with Crippen LogP contribution in [0.5, 0.6) is 5.88 Å². The van der Waals surface area contributed by atoms with Crippen molar-refractivity contribution in [1.82, 2.24) is 9.47 Å². The summed E-state index contributed by atoms with van der Waals surface area (Å²) in [7, 11) is 5.73. The summed E-state index contributed by atoms with van der Waals surface area (Å²) in [6.45, 7) is 4.92. The van der Waals surface area contributed by atoms with Crippen molar-refractivity contribution in [3.05, 3.63) is 15.9 Å². The van der Waals surface area contributed by atoms with Gasteiger partial charge in [0.15, 0.2) is 5.69 Å². The van der Waals surface area contributed by atoms with E-state index in [4.69, 9.17) is 0 Å². The van der Waals surface area contributed by atoms with Crippen molar-refractivity contribution in [2.45, 2.75) is 76.9 Å². The molecule has 9 nitrogen and oxygen atoms in total. The van der Waals surface area contributed by atoms with Crippen LogP contribution in [0.1, 0.15) is 56.9 Å². The number of pyridine rings is 1. The van der Waals surface area contributed by atoms with E-state index in [9.17, 15) is 9.90 Å². The molecule has 1 aliphatic carbocycles. The first-order valence-electron chi connectivity index (χ1n) is 12.0. The second kappa shape index (κ2) is 11.5. The molecule has 2 fully saturated rings. The quantitative estimate of drug-likeness (QED) is 0.604. The van der Waals surface area contributed by atoms with Crippen LogP contribution >= 0.6 is 0 Å². The Morgan fingerprint density at radius 2 is 1.66 bits per heavy atom. The summed E-state index contributed by atoms with van der Waals surface area (Å²) in [5.41, 5.74) is 1.72. The highest BCUT2D eigenvalue weighted by Gasteiger charge is 2.25. The summed E-state index contributed by atoms with van der Waals surface area (Å²) in [5.74, 6) is -0.0655. The lowest BCUT2D eigenvalue weighted by Crippen LogP contribution is -2.37. The van der Waals surface area contributed by atoms with Crippen LogP contribution in [0, 0.1) is 6.92 Å². The molecule has 1 saturated carbocycles. The SMILES string of the molecule is CN=NC1CCC(N=Nc2c(C)c(N3CCCCC3)c(=O)n(CCCN(C)C)c2O)CC1. The van der Waals surface area contributed by atoms with Crippen molar-refractivity contribution in [2.24, 2.45) is 20.5 Å². The van der Waals surface area contributed by atoms with Gasteiger partial charge in [0, 0.05) is 32.2 Å². The zero-order valence-electron chi connectivity index (χ0n) is 20.1. The highest BCUT2D eigenvalue weighted by Crippen LogP contribution is 2.36. The minimum atomic E-state index is -0.120. The number of rotatable bonds is 8. The number of piperidine rings is 1. The lowest BCUT2D eigenvalue weighted by molar-refractivity contribution is 0.361. The third-order valence-corrected chi connectivity index (χ3v) is 6.55. The molecule has 0 spiro atoms. The first-order valence-corrected chi connectivity index (χ1v) is 12.0. The Morgan fingerprint density at radius 1 is 1.03 bits per heavy atom. The summed E-state index contributed by atoms with van der Waals surface area (Å²) in [6, 6.07) is 0.399. The van der Waals surface area contributed by atoms with E-state index in [1.165, 1.54) is 11.0 Å². The van der Waals surface area contributed by atoms with Gasteiger partial charge in [0.05, 0.1) is 12.1 Å². The van der Waals surface area contributed by atoms with E-state index >= 15 is 0 Å². The third-order valence-electron chi connectivity index (χ3n) is 6.55. The fourth-order valence-corrected chi connectivity index (χ4v) is 4.75. The largest absolute Gasteiger partial charge is 0.493 e. The minimum absolute atomic E-state index is 0.0655. The highest BCUT2D eigenvalue weighted by atomic mass is 16.3. The summed E-state index contributed by atoms with van der Waals surface area (Å²) >= 11 is 0. The fraction of sp³-hybridized carbons (Fsp3) is 0.783. The van der Waals surface area contributed by atoms with E-state index in [-0.39, 0.29) is 23.5 Å². The van der Waals surface area contributed by atoms with Crippen LogP contribution in [-0.2, 0) is 6.54 Å². The lowest BCUT2D eigenvalue weighted by atomic mass is 9.92. The van der Waals surface area contributed by atoms with Crippen molar-refractivity contribution in [3.8, 4) is 5.88 Å². The smallest absolute Gasteiger partial charge is 0.277 e. The maximum absolute atomic E-state index is 13.4. The normalized spacial score (nSPS) is 22.5. The molecule has 178 valence electrons. The number of anilines is 1. The van der Waals surface area contributed by atoms with Gasteiger partial charge in [0.1, 0.15) is 5.69 Å². The number of azo groups is 2. The maximum atomic E-state index is 13.4. The lowest BCUT2D eigenvalue weighted by Gasteiger charge is -2.30. The highest BCUT2D eigenvalue weighted by molar-refractivity contribution is 5.67. The van der Waals surface area contributed by atoms with E-state index < -0.39 is 0 Å². The molecule has 0 radical (unpaired) electrons. The predicted octanol–water partition coefficient (Wildman–Crippen LogP) is 4.28. The van der Waals surface area contributed by atoms with E-state index in [0.717, 1.165) is 70.1 Å². The average Bonchev–Trinajstić information content (AvgIpc) is 2.78. The molecular formula is C23H39N7O2. The monoisotopic (exact) mass is 445 g/mol. The van der Waals surface area contributed by atoms with Crippen molar-refractivity contribution in [2.75, 3.05) is 45.7 Å². The second-order valence-electron chi connectivity index (χ2n) is 9.30. The molecule has 2 heterocycles. The molecule has 1 aliphatic heterocycles. The zero-order valence-corrected chi connectivity index (χ0v) is 20.1. The third kappa shape index (κ3) is 5.94. The minimum Gasteiger partial charge on any atom is -0.493 e. The van der Waals surface area contributed by atoms with Gasteiger partial charge < -0.3 is 14.9 Å². The molecule has 1 aromatic heterocycles. The van der Waals surface area contributed by atoms with Gasteiger partial charge in [-0.1, -0.05) is 0 Å². The summed E-state index contributed by atoms with van der Waals surface area (Å²) in [5, 5.41) is 28.3. The molecule has 0 amide bonds. The van der Waals surface area contributed by atoms with E-state index in [1.54, 1.807) is 7.05 Å². The summed E-state index contributed by atoms with van der Waals surface area (Å²) < 4.78 is 1.49. The van der Waals surface area contributed by atoms with Gasteiger partial charge in [-0.15, -0.1) is 5.11 Å². The molecule has 3 rings (SSSR count). The zero-order chi connectivity index (χ0) is 23.1. The number of hydrogen-bond donors (Lipinski definition) is 1. The Morgan fingerprint density at radius 3 is 2.25 bits per heavy atom. The number of aromatic hydroxyl groups is 1. The van der Waals surface area contributed by atoms with Crippen LogP contribution < -0.4 is 10.5 Å². The number of nitrogens with zero attached hydrogens (tertiary/aromatic N) is 7. The Labute approximate surface area is 191 Å². The van der Waals surface area contributed by atoms with Gasteiger partial charge in [-0.05, 0) is 78.9 Å². The number of aromatic nitrogens is 1. The standard InChI is InChI=1S/C23H39N7O2/c1-17-20(27-26-19-11-9-18(10-12-19)25-24-2)22(31)30(16-8-13-28(3)4)23(32)21(17)29-14-6-5-7-15-29/h18-19,31H,5-16H2,1-4H3. The van der Waals surface area contributed by atoms with Crippen LogP contribution in [0.25, 0.3) is 0 Å². The Balaban J connectivity index is 1.90. The first-order chi connectivity index (χ1) is 15.4. The maximum Gasteiger partial charge on any atom is 0.277 e. The van der Waals surface area contributed by atoms with Gasteiger partial charge in [-0.3, -0.25) is 9.36 Å². The molecule has 2 aliphatic rings. The summed E-state index contributed by atoms with van der Waals surface area (Å²) in [4.78, 5) is 17.6. The molecule has 32 heavy (non-hydrogen) atoms. The number of hydrogen-bond acceptors (Lipinski definition) is 8. The van der Waals surface area contributed by atoms with Crippen LogP contribution in [0.3, 0.4) is 0 Å². The Hall–Kier alpha value is -2.29. The molecule has 0 atom stereocenters. The predicted molar refractivity (Wildman–Crippen MR) is 128 cm³/mol. The van der Waals surface area contributed by atoms with Crippen LogP contribution in [0.15, 0.2) is 25.3 Å².